The van der Waals surface area contributed by atoms with Gasteiger partial charge in [0.1, 0.15) is 18.1 Å². The highest BCUT2D eigenvalue weighted by atomic mass is 16.5. The Hall–Kier alpha value is -3.18. The lowest BCUT2D eigenvalue weighted by atomic mass is 9.84. The minimum atomic E-state index is -1.11. The number of primary amides is 1. The predicted molar refractivity (Wildman–Crippen MR) is 170 cm³/mol. The number of hydrogen-bond donors (Lipinski definition) is 4. The number of nitrogens with one attached hydrogen (secondary N) is 3. The minimum absolute atomic E-state index is 0.0308. The third-order valence-electron chi connectivity index (χ3n) is 8.41. The van der Waals surface area contributed by atoms with Crippen LogP contribution in [0.4, 0.5) is 4.79 Å². The Kier molecular flexibility index (Phi) is 12.2. The zero-order valence-electron chi connectivity index (χ0n) is 29.2. The van der Waals surface area contributed by atoms with Gasteiger partial charge in [0.05, 0.1) is 12.6 Å². The second kappa shape index (κ2) is 14.5. The number of nitrogens with zero attached hydrogens (tertiary/aromatic N) is 1. The first-order valence-corrected chi connectivity index (χ1v) is 16.1. The molecule has 45 heavy (non-hydrogen) atoms. The molecule has 5 amide bonds. The van der Waals surface area contributed by atoms with Crippen LogP contribution in [0.15, 0.2) is 0 Å². The van der Waals surface area contributed by atoms with Crippen molar-refractivity contribution in [1.82, 2.24) is 20.9 Å². The van der Waals surface area contributed by atoms with E-state index >= 15 is 0 Å². The summed E-state index contributed by atoms with van der Waals surface area (Å²) < 4.78 is 5.51. The van der Waals surface area contributed by atoms with Crippen molar-refractivity contribution >= 4 is 35.5 Å². The summed E-state index contributed by atoms with van der Waals surface area (Å²) in [5.74, 6) is -3.47. The van der Waals surface area contributed by atoms with E-state index in [0.717, 1.165) is 12.8 Å². The van der Waals surface area contributed by atoms with Crippen molar-refractivity contribution in [1.29, 1.82) is 0 Å². The van der Waals surface area contributed by atoms with Gasteiger partial charge in [-0.25, -0.2) is 9.59 Å². The maximum absolute atomic E-state index is 14.2. The molecule has 1 aliphatic carbocycles. The summed E-state index contributed by atoms with van der Waals surface area (Å²) in [7, 11) is 0. The molecule has 0 spiro atoms. The maximum Gasteiger partial charge on any atom is 0.329 e. The molecule has 0 bridgehead atoms. The predicted octanol–water partition coefficient (Wildman–Crippen LogP) is 2.92. The molecule has 0 radical (unpaired) electrons. The molecule has 0 aromatic rings. The van der Waals surface area contributed by atoms with E-state index in [1.807, 2.05) is 55.4 Å². The first-order chi connectivity index (χ1) is 20.4. The fraction of sp³-hybridized carbons (Fsp3) is 0.818. The molecular formula is C33H57N5O7. The number of rotatable bonds is 12. The molecule has 5 atom stereocenters. The van der Waals surface area contributed by atoms with Crippen molar-refractivity contribution in [3.8, 4) is 0 Å². The van der Waals surface area contributed by atoms with E-state index in [0.29, 0.717) is 12.8 Å². The highest BCUT2D eigenvalue weighted by Crippen LogP contribution is 2.35. The molecule has 2 aliphatic rings. The first kappa shape index (κ1) is 38.0. The summed E-state index contributed by atoms with van der Waals surface area (Å²) in [6.07, 6.45) is 2.69. The van der Waals surface area contributed by atoms with Crippen LogP contribution in [0.25, 0.3) is 0 Å². The lowest BCUT2D eigenvalue weighted by Crippen LogP contribution is -2.62. The number of likely N-dealkylation sites (tertiary alicyclic amines) is 1. The van der Waals surface area contributed by atoms with Crippen molar-refractivity contribution in [3.63, 3.8) is 0 Å². The Labute approximate surface area is 268 Å². The molecule has 12 nitrogen and oxygen atoms in total. The number of ether oxygens (including phenoxy) is 1. The van der Waals surface area contributed by atoms with Crippen LogP contribution in [-0.2, 0) is 28.7 Å². The van der Waals surface area contributed by atoms with Gasteiger partial charge in [-0.3, -0.25) is 19.2 Å². The quantitative estimate of drug-likeness (QED) is 0.188. The van der Waals surface area contributed by atoms with E-state index in [1.54, 1.807) is 20.8 Å². The second-order valence-electron chi connectivity index (χ2n) is 16.5. The average Bonchev–Trinajstić information content (AvgIpc) is 3.58. The molecule has 12 heteroatoms. The molecule has 1 heterocycles. The van der Waals surface area contributed by atoms with Crippen LogP contribution in [-0.4, -0.2) is 77.7 Å². The SMILES string of the molecule is CC(C)C1CCN(C(=O)[C@@H](NC(=O)N[C@H](C(=O)OCC(C)(C)C)C(C)(C)C)C(C)(C)C)[C@@H]1C(=O)NC(CC1CC1)C(=O)C(N)=O. The maximum atomic E-state index is 14.2. The minimum Gasteiger partial charge on any atom is -0.464 e. The zero-order chi connectivity index (χ0) is 34.7. The Morgan fingerprint density at radius 1 is 0.822 bits per heavy atom. The van der Waals surface area contributed by atoms with E-state index in [-0.39, 0.29) is 36.3 Å². The van der Waals surface area contributed by atoms with Crippen LogP contribution >= 0.6 is 0 Å². The average molecular weight is 636 g/mol. The fourth-order valence-electron chi connectivity index (χ4n) is 5.56. The first-order valence-electron chi connectivity index (χ1n) is 16.1. The number of urea groups is 1. The molecule has 1 saturated carbocycles. The Morgan fingerprint density at radius 2 is 1.36 bits per heavy atom. The lowest BCUT2D eigenvalue weighted by Gasteiger charge is -2.37. The van der Waals surface area contributed by atoms with E-state index in [9.17, 15) is 28.8 Å². The number of ketones is 1. The number of carbonyl (C=O) groups excluding carboxylic acids is 6. The van der Waals surface area contributed by atoms with E-state index in [2.05, 4.69) is 16.0 Å². The third kappa shape index (κ3) is 11.0. The summed E-state index contributed by atoms with van der Waals surface area (Å²) in [6, 6.07) is -4.73. The molecule has 2 rings (SSSR count). The summed E-state index contributed by atoms with van der Waals surface area (Å²) in [6.45, 7) is 21.0. The zero-order valence-corrected chi connectivity index (χ0v) is 29.2. The molecular weight excluding hydrogens is 578 g/mol. The van der Waals surface area contributed by atoms with Gasteiger partial charge >= 0.3 is 12.0 Å². The molecule has 2 fully saturated rings. The number of carbonyl (C=O) groups is 6. The molecule has 5 N–H and O–H groups in total. The molecule has 1 saturated heterocycles. The largest absolute Gasteiger partial charge is 0.464 e. The Balaban J connectivity index is 2.31. The number of hydrogen-bond acceptors (Lipinski definition) is 7. The van der Waals surface area contributed by atoms with Crippen LogP contribution in [0, 0.1) is 34.0 Å². The standard InChI is InChI=1S/C33H57N5O7/c1-18(2)20-14-15-38(22(20)27(41)35-21(16-19-12-13-19)23(39)26(34)40)28(42)24(32(6,7)8)36-30(44)37-25(33(9,10)11)29(43)45-17-31(3,4)5/h18-22,24-25H,12-17H2,1-11H3,(H2,34,40)(H,35,41)(H2,36,37,44)/t20?,21?,22-,24+,25+/m0/s1. The number of amides is 5. The smallest absolute Gasteiger partial charge is 0.329 e. The van der Waals surface area contributed by atoms with E-state index in [4.69, 9.17) is 10.5 Å². The molecule has 0 aromatic heterocycles. The van der Waals surface area contributed by atoms with Gasteiger partial charge in [0.2, 0.25) is 17.6 Å². The van der Waals surface area contributed by atoms with Crippen LogP contribution in [0.3, 0.4) is 0 Å². The molecule has 0 aromatic carbocycles. The van der Waals surface area contributed by atoms with Gasteiger partial charge in [-0.1, -0.05) is 89.0 Å². The topological polar surface area (TPSA) is 177 Å². The molecule has 1 aliphatic heterocycles. The van der Waals surface area contributed by atoms with Crippen molar-refractivity contribution < 1.29 is 33.5 Å². The van der Waals surface area contributed by atoms with Crippen LogP contribution in [0.1, 0.15) is 102 Å². The molecule has 256 valence electrons. The van der Waals surface area contributed by atoms with Crippen molar-refractivity contribution in [2.24, 2.45) is 39.7 Å². The fourth-order valence-corrected chi connectivity index (χ4v) is 5.56. The van der Waals surface area contributed by atoms with Gasteiger partial charge < -0.3 is 31.3 Å². The van der Waals surface area contributed by atoms with Crippen LogP contribution < -0.4 is 21.7 Å². The van der Waals surface area contributed by atoms with Gasteiger partial charge in [-0.15, -0.1) is 0 Å². The van der Waals surface area contributed by atoms with Gasteiger partial charge in [0, 0.05) is 6.54 Å². The normalized spacial score (nSPS) is 21.0. The summed E-state index contributed by atoms with van der Waals surface area (Å²) in [5, 5.41) is 8.24. The summed E-state index contributed by atoms with van der Waals surface area (Å²) in [5.41, 5.74) is 3.56. The summed E-state index contributed by atoms with van der Waals surface area (Å²) >= 11 is 0. The van der Waals surface area contributed by atoms with Gasteiger partial charge in [0.25, 0.3) is 5.91 Å². The lowest BCUT2D eigenvalue weighted by molar-refractivity contribution is -0.151. The highest BCUT2D eigenvalue weighted by Gasteiger charge is 2.48. The highest BCUT2D eigenvalue weighted by molar-refractivity contribution is 6.37. The van der Waals surface area contributed by atoms with Gasteiger partial charge in [0.15, 0.2) is 0 Å². The van der Waals surface area contributed by atoms with Crippen LogP contribution in [0.5, 0.6) is 0 Å². The Bertz CT molecular complexity index is 1130. The van der Waals surface area contributed by atoms with Crippen molar-refractivity contribution in [2.75, 3.05) is 13.2 Å². The molecule has 2 unspecified atom stereocenters. The third-order valence-corrected chi connectivity index (χ3v) is 8.41. The van der Waals surface area contributed by atoms with E-state index < -0.39 is 70.5 Å². The van der Waals surface area contributed by atoms with Crippen molar-refractivity contribution in [2.45, 2.75) is 126 Å². The Morgan fingerprint density at radius 3 is 1.80 bits per heavy atom. The number of nitrogens with two attached hydrogens (primary N) is 1. The van der Waals surface area contributed by atoms with Crippen LogP contribution in [0.2, 0.25) is 0 Å². The van der Waals surface area contributed by atoms with Gasteiger partial charge in [-0.05, 0) is 46.8 Å². The van der Waals surface area contributed by atoms with E-state index in [1.165, 1.54) is 4.90 Å². The van der Waals surface area contributed by atoms with Crippen molar-refractivity contribution in [3.05, 3.63) is 0 Å². The summed E-state index contributed by atoms with van der Waals surface area (Å²) in [4.78, 5) is 80.3. The second-order valence-corrected chi connectivity index (χ2v) is 16.5. The number of Topliss-reactive ketones (excluding diaryl/α,β-unsaturated/α-hetero) is 1. The monoisotopic (exact) mass is 635 g/mol. The van der Waals surface area contributed by atoms with Gasteiger partial charge in [-0.2, -0.15) is 0 Å². The number of esters is 1.